The normalized spacial score (nSPS) is 16.8. The summed E-state index contributed by atoms with van der Waals surface area (Å²) < 4.78 is 10.9. The third-order valence-electron chi connectivity index (χ3n) is 1.94. The lowest BCUT2D eigenvalue weighted by atomic mass is 10.2. The molecule has 74 valence electrons. The van der Waals surface area contributed by atoms with Gasteiger partial charge in [0.05, 0.1) is 0 Å². The summed E-state index contributed by atoms with van der Waals surface area (Å²) in [7, 11) is 0.888. The molecule has 0 saturated heterocycles. The molecule has 0 aliphatic carbocycles. The lowest BCUT2D eigenvalue weighted by Crippen LogP contribution is -2.53. The summed E-state index contributed by atoms with van der Waals surface area (Å²) in [6.07, 6.45) is 0.688. The summed E-state index contributed by atoms with van der Waals surface area (Å²) >= 11 is 0. The van der Waals surface area contributed by atoms with Crippen molar-refractivity contribution in [1.29, 1.82) is 0 Å². The highest BCUT2D eigenvalue weighted by Gasteiger charge is 2.28. The van der Waals surface area contributed by atoms with E-state index in [0.29, 0.717) is 13.2 Å². The van der Waals surface area contributed by atoms with Gasteiger partial charge >= 0.3 is 0 Å². The van der Waals surface area contributed by atoms with Gasteiger partial charge in [0.25, 0.3) is 0 Å². The lowest BCUT2D eigenvalue weighted by Gasteiger charge is -2.32. The molecule has 1 unspecified atom stereocenters. The zero-order valence-corrected chi connectivity index (χ0v) is 10.6. The zero-order valence-electron chi connectivity index (χ0n) is 8.59. The first-order chi connectivity index (χ1) is 5.58. The Morgan fingerprint density at radius 2 is 1.67 bits per heavy atom. The van der Waals surface area contributed by atoms with E-state index in [1.807, 2.05) is 13.8 Å². The molecule has 4 heteroatoms. The number of ether oxygens (including phenoxy) is 2. The maximum absolute atomic E-state index is 6.04. The molecule has 0 aliphatic heterocycles. The summed E-state index contributed by atoms with van der Waals surface area (Å²) in [6, 6.07) is 0. The van der Waals surface area contributed by atoms with Crippen molar-refractivity contribution in [3.8, 4) is 0 Å². The van der Waals surface area contributed by atoms with Crippen LogP contribution in [0.25, 0.3) is 0 Å². The highest BCUT2D eigenvalue weighted by molar-refractivity contribution is 6.15. The van der Waals surface area contributed by atoms with Crippen molar-refractivity contribution in [2.45, 2.75) is 38.6 Å². The fourth-order valence-electron chi connectivity index (χ4n) is 0.898. The Labute approximate surface area is 78.0 Å². The highest BCUT2D eigenvalue weighted by Crippen LogP contribution is 2.12. The lowest BCUT2D eigenvalue weighted by molar-refractivity contribution is -0.158. The molecule has 0 rings (SSSR count). The second kappa shape index (κ2) is 5.69. The van der Waals surface area contributed by atoms with Crippen molar-refractivity contribution >= 4 is 10.2 Å². The number of hydrogen-bond donors (Lipinski definition) is 1. The van der Waals surface area contributed by atoms with Crippen molar-refractivity contribution in [2.75, 3.05) is 13.2 Å². The van der Waals surface area contributed by atoms with Crippen molar-refractivity contribution in [1.82, 2.24) is 0 Å². The molecular weight excluding hydrogens is 170 g/mol. The first-order valence-electron chi connectivity index (χ1n) is 4.60. The van der Waals surface area contributed by atoms with Gasteiger partial charge in [-0.1, -0.05) is 6.92 Å². The third-order valence-corrected chi connectivity index (χ3v) is 3.11. The summed E-state index contributed by atoms with van der Waals surface area (Å²) in [6.45, 7) is 7.30. The van der Waals surface area contributed by atoms with E-state index in [1.54, 1.807) is 0 Å². The molecule has 12 heavy (non-hydrogen) atoms. The highest BCUT2D eigenvalue weighted by atomic mass is 28.1. The Kier molecular flexibility index (Phi) is 5.74. The van der Waals surface area contributed by atoms with E-state index in [4.69, 9.17) is 15.2 Å². The van der Waals surface area contributed by atoms with Gasteiger partial charge in [0.2, 0.25) is 0 Å². The first-order valence-corrected chi connectivity index (χ1v) is 5.60. The minimum Gasteiger partial charge on any atom is -0.351 e. The van der Waals surface area contributed by atoms with Crippen molar-refractivity contribution in [2.24, 2.45) is 5.73 Å². The van der Waals surface area contributed by atoms with E-state index in [0.717, 1.165) is 16.7 Å². The Hall–Kier alpha value is 0.0969. The molecule has 0 amide bonds. The van der Waals surface area contributed by atoms with Crippen molar-refractivity contribution in [3.63, 3.8) is 0 Å². The summed E-state index contributed by atoms with van der Waals surface area (Å²) in [4.78, 5) is 0. The van der Waals surface area contributed by atoms with Gasteiger partial charge in [0.1, 0.15) is 0 Å². The smallest absolute Gasteiger partial charge is 0.171 e. The summed E-state index contributed by atoms with van der Waals surface area (Å²) in [5.74, 6) is 0. The van der Waals surface area contributed by atoms with Gasteiger partial charge < -0.3 is 15.2 Å². The number of hydrogen-bond acceptors (Lipinski definition) is 3. The molecule has 0 aromatic rings. The van der Waals surface area contributed by atoms with Gasteiger partial charge in [-0.3, -0.25) is 0 Å². The summed E-state index contributed by atoms with van der Waals surface area (Å²) in [5.41, 5.74) is 6.04. The predicted molar refractivity (Wildman–Crippen MR) is 54.2 cm³/mol. The van der Waals surface area contributed by atoms with E-state index >= 15 is 0 Å². The first kappa shape index (κ1) is 12.1. The monoisotopic (exact) mass is 191 g/mol. The van der Waals surface area contributed by atoms with Crippen LogP contribution in [0.15, 0.2) is 0 Å². The van der Waals surface area contributed by atoms with Crippen LogP contribution in [0.5, 0.6) is 0 Å². The van der Waals surface area contributed by atoms with Crippen LogP contribution in [0.1, 0.15) is 27.2 Å². The maximum atomic E-state index is 6.04. The summed E-state index contributed by atoms with van der Waals surface area (Å²) in [5, 5.41) is -0.244. The fourth-order valence-corrected chi connectivity index (χ4v) is 1.23. The fraction of sp³-hybridized carbons (Fsp3) is 1.00. The molecule has 0 fully saturated rings. The average Bonchev–Trinajstić information content (AvgIpc) is 2.04. The SMILES string of the molecule is CCOC(OCC)C(N)([SiH3])CC. The molecule has 2 N–H and O–H groups in total. The standard InChI is InChI=1S/C8H21NO2Si/c1-4-8(9,12)7(10-5-2)11-6-3/h7H,4-6,9H2,1-3,12H3. The number of rotatable bonds is 6. The molecule has 0 heterocycles. The molecule has 1 atom stereocenters. The van der Waals surface area contributed by atoms with Crippen LogP contribution in [0.2, 0.25) is 0 Å². The Balaban J connectivity index is 4.07. The van der Waals surface area contributed by atoms with Crippen molar-refractivity contribution in [3.05, 3.63) is 0 Å². The molecule has 0 aromatic heterocycles. The molecular formula is C8H21NO2Si. The predicted octanol–water partition coefficient (Wildman–Crippen LogP) is -0.184. The van der Waals surface area contributed by atoms with E-state index < -0.39 is 0 Å². The molecule has 0 radical (unpaired) electrons. The van der Waals surface area contributed by atoms with E-state index in [9.17, 15) is 0 Å². The second-order valence-corrected chi connectivity index (χ2v) is 4.96. The maximum Gasteiger partial charge on any atom is 0.171 e. The number of nitrogens with two attached hydrogens (primary N) is 1. The largest absolute Gasteiger partial charge is 0.351 e. The van der Waals surface area contributed by atoms with Gasteiger partial charge in [-0.15, -0.1) is 0 Å². The Morgan fingerprint density at radius 1 is 1.25 bits per heavy atom. The van der Waals surface area contributed by atoms with E-state index in [1.165, 1.54) is 0 Å². The molecule has 0 saturated carbocycles. The third kappa shape index (κ3) is 3.67. The molecule has 0 aromatic carbocycles. The van der Waals surface area contributed by atoms with Crippen LogP contribution in [-0.4, -0.2) is 34.9 Å². The van der Waals surface area contributed by atoms with Crippen molar-refractivity contribution < 1.29 is 9.47 Å². The van der Waals surface area contributed by atoms with Crippen LogP contribution in [0.3, 0.4) is 0 Å². The van der Waals surface area contributed by atoms with E-state index in [2.05, 4.69) is 6.92 Å². The van der Waals surface area contributed by atoms with Gasteiger partial charge in [-0.2, -0.15) is 0 Å². The molecule has 0 spiro atoms. The van der Waals surface area contributed by atoms with Crippen LogP contribution in [0.4, 0.5) is 0 Å². The Morgan fingerprint density at radius 3 is 1.92 bits per heavy atom. The molecule has 0 aliphatic rings. The van der Waals surface area contributed by atoms with Crippen LogP contribution in [-0.2, 0) is 9.47 Å². The van der Waals surface area contributed by atoms with Gasteiger partial charge in [-0.25, -0.2) is 0 Å². The minimum absolute atomic E-state index is 0.218. The zero-order chi connectivity index (χ0) is 9.61. The quantitative estimate of drug-likeness (QED) is 0.468. The van der Waals surface area contributed by atoms with Crippen LogP contribution < -0.4 is 5.73 Å². The average molecular weight is 191 g/mol. The van der Waals surface area contributed by atoms with Crippen LogP contribution >= 0.6 is 0 Å². The van der Waals surface area contributed by atoms with Crippen LogP contribution in [0, 0.1) is 0 Å². The Bertz CT molecular complexity index is 114. The van der Waals surface area contributed by atoms with Gasteiger partial charge in [-0.05, 0) is 20.3 Å². The topological polar surface area (TPSA) is 44.5 Å². The van der Waals surface area contributed by atoms with Gasteiger partial charge in [0.15, 0.2) is 6.29 Å². The molecule has 0 bridgehead atoms. The molecule has 3 nitrogen and oxygen atoms in total. The second-order valence-electron chi connectivity index (χ2n) is 3.10. The van der Waals surface area contributed by atoms with E-state index in [-0.39, 0.29) is 11.5 Å². The van der Waals surface area contributed by atoms with Gasteiger partial charge in [0, 0.05) is 28.6 Å². The minimum atomic E-state index is -0.244.